The van der Waals surface area contributed by atoms with E-state index >= 15 is 0 Å². The number of aliphatic hydroxyl groups is 1. The van der Waals surface area contributed by atoms with Gasteiger partial charge < -0.3 is 5.11 Å². The van der Waals surface area contributed by atoms with Crippen molar-refractivity contribution in [3.8, 4) is 0 Å². The van der Waals surface area contributed by atoms with Gasteiger partial charge in [-0.15, -0.1) is 0 Å². The number of ketones is 1. The molecule has 0 heterocycles. The second kappa shape index (κ2) is 5.68. The first-order chi connectivity index (χ1) is 11.8. The molecule has 0 radical (unpaired) electrons. The first-order valence-corrected chi connectivity index (χ1v) is 10.1. The predicted octanol–water partition coefficient (Wildman–Crippen LogP) is 4.76. The molecule has 4 saturated carbocycles. The Bertz CT molecular complexity index is 674. The fourth-order valence-corrected chi connectivity index (χ4v) is 7.53. The van der Waals surface area contributed by atoms with Gasteiger partial charge in [-0.1, -0.05) is 19.4 Å². The van der Waals surface area contributed by atoms with Gasteiger partial charge in [0.2, 0.25) is 0 Å². The van der Waals surface area contributed by atoms with Crippen molar-refractivity contribution >= 4 is 5.78 Å². The van der Waals surface area contributed by atoms with Crippen LogP contribution in [0.2, 0.25) is 0 Å². The highest BCUT2D eigenvalue weighted by molar-refractivity contribution is 5.85. The van der Waals surface area contributed by atoms with Crippen LogP contribution in [0.3, 0.4) is 0 Å². The predicted molar refractivity (Wildman–Crippen MR) is 97.4 cm³/mol. The molecule has 0 aromatic heterocycles. The van der Waals surface area contributed by atoms with Gasteiger partial charge in [0.25, 0.3) is 0 Å². The maximum Gasteiger partial charge on any atom is 0.162 e. The summed E-state index contributed by atoms with van der Waals surface area (Å²) in [5.74, 6) is 2.19. The fourth-order valence-electron chi connectivity index (χ4n) is 7.53. The van der Waals surface area contributed by atoms with E-state index in [1.54, 1.807) is 0 Å². The molecular weight excluding hydrogens is 310 g/mol. The van der Waals surface area contributed by atoms with Crippen LogP contribution in [0.1, 0.15) is 72.1 Å². The number of nitrogens with zero attached hydrogens (tertiary/aromatic N) is 1. The Morgan fingerprint density at radius 2 is 2.00 bits per heavy atom. The molecule has 25 heavy (non-hydrogen) atoms. The van der Waals surface area contributed by atoms with Crippen LogP contribution in [0.4, 0.5) is 0 Å². The summed E-state index contributed by atoms with van der Waals surface area (Å²) in [6, 6.07) is 0. The summed E-state index contributed by atoms with van der Waals surface area (Å²) in [5.41, 5.74) is 2.11. The number of rotatable bonds is 0. The summed E-state index contributed by atoms with van der Waals surface area (Å²) in [6.07, 6.45) is 7.65. The van der Waals surface area contributed by atoms with E-state index in [9.17, 15) is 9.90 Å². The molecule has 7 atom stereocenters. The molecule has 4 aliphatic carbocycles. The molecule has 0 spiro atoms. The van der Waals surface area contributed by atoms with Gasteiger partial charge in [-0.3, -0.25) is 4.79 Å². The smallest absolute Gasteiger partial charge is 0.162 e. The van der Waals surface area contributed by atoms with Crippen molar-refractivity contribution in [2.24, 2.45) is 34.5 Å². The van der Waals surface area contributed by atoms with Gasteiger partial charge in [0.05, 0.1) is 12.7 Å². The van der Waals surface area contributed by atoms with Gasteiger partial charge in [0.1, 0.15) is 5.78 Å². The van der Waals surface area contributed by atoms with E-state index in [4.69, 9.17) is 6.57 Å². The fraction of sp³-hybridized carbons (Fsp3) is 0.818. The third kappa shape index (κ3) is 2.29. The second-order valence-electron chi connectivity index (χ2n) is 9.73. The summed E-state index contributed by atoms with van der Waals surface area (Å²) in [6.45, 7) is 14.0. The molecule has 3 heteroatoms. The van der Waals surface area contributed by atoms with Crippen LogP contribution in [0.25, 0.3) is 4.85 Å². The molecule has 1 N–H and O–H groups in total. The van der Waals surface area contributed by atoms with Crippen molar-refractivity contribution in [2.45, 2.75) is 78.2 Å². The molecule has 0 saturated heterocycles. The number of carbonyl (C=O) groups is 1. The van der Waals surface area contributed by atoms with Gasteiger partial charge in [0, 0.05) is 12.3 Å². The number of carbonyl (C=O) groups excluding carboxylic acids is 1. The number of hydrogen-bond donors (Lipinski definition) is 1. The highest BCUT2D eigenvalue weighted by atomic mass is 16.3. The third-order valence-corrected chi connectivity index (χ3v) is 8.72. The van der Waals surface area contributed by atoms with Crippen LogP contribution in [0.5, 0.6) is 0 Å². The van der Waals surface area contributed by atoms with Crippen molar-refractivity contribution in [1.82, 2.24) is 0 Å². The van der Waals surface area contributed by atoms with Gasteiger partial charge in [0.15, 0.2) is 5.70 Å². The molecule has 0 aliphatic heterocycles. The Kier molecular flexibility index (Phi) is 3.93. The van der Waals surface area contributed by atoms with Crippen LogP contribution < -0.4 is 0 Å². The lowest BCUT2D eigenvalue weighted by atomic mass is 9.44. The minimum atomic E-state index is -0.166. The molecule has 4 aliphatic rings. The Balaban J connectivity index is 1.72. The minimum Gasteiger partial charge on any atom is -0.393 e. The molecule has 4 rings (SSSR count). The normalized spacial score (nSPS) is 51.2. The molecule has 0 aromatic carbocycles. The lowest BCUT2D eigenvalue weighted by Crippen LogP contribution is -2.57. The van der Waals surface area contributed by atoms with E-state index < -0.39 is 0 Å². The number of allylic oxidation sites excluding steroid dienone is 2. The van der Waals surface area contributed by atoms with Crippen molar-refractivity contribution in [1.29, 1.82) is 0 Å². The van der Waals surface area contributed by atoms with Gasteiger partial charge in [-0.2, -0.15) is 0 Å². The SMILES string of the molecule is [C-]#[N+]/C(C)=C1/CC[C@H]2[C@@H]3CC[C@@H]4C[C@H](O)CC[C@]4(C)[C@H]3C(=O)C[C@]12C. The number of hydrogen-bond acceptors (Lipinski definition) is 2. The quantitative estimate of drug-likeness (QED) is 0.645. The number of Topliss-reactive ketones (excluding diaryl/α,β-unsaturated/α-hetero) is 1. The topological polar surface area (TPSA) is 41.7 Å². The Hall–Kier alpha value is -1.14. The van der Waals surface area contributed by atoms with E-state index in [0.29, 0.717) is 30.0 Å². The number of fused-ring (bicyclic) bond motifs is 5. The zero-order chi connectivity index (χ0) is 18.0. The summed E-state index contributed by atoms with van der Waals surface area (Å²) in [7, 11) is 0. The lowest BCUT2D eigenvalue weighted by molar-refractivity contribution is -0.157. The molecule has 0 amide bonds. The van der Waals surface area contributed by atoms with Crippen LogP contribution in [0.15, 0.2) is 11.3 Å². The van der Waals surface area contributed by atoms with Crippen LogP contribution in [0, 0.1) is 41.1 Å². The van der Waals surface area contributed by atoms with E-state index in [1.165, 1.54) is 5.57 Å². The van der Waals surface area contributed by atoms with Crippen molar-refractivity contribution < 1.29 is 9.90 Å². The largest absolute Gasteiger partial charge is 0.393 e. The summed E-state index contributed by atoms with van der Waals surface area (Å²) in [5, 5.41) is 10.1. The van der Waals surface area contributed by atoms with Crippen molar-refractivity contribution in [3.05, 3.63) is 22.7 Å². The Morgan fingerprint density at radius 1 is 1.24 bits per heavy atom. The molecule has 0 unspecified atom stereocenters. The van der Waals surface area contributed by atoms with Crippen LogP contribution in [-0.2, 0) is 4.79 Å². The highest BCUT2D eigenvalue weighted by Gasteiger charge is 2.62. The Morgan fingerprint density at radius 3 is 2.72 bits per heavy atom. The molecule has 136 valence electrons. The van der Waals surface area contributed by atoms with E-state index in [0.717, 1.165) is 50.6 Å². The monoisotopic (exact) mass is 341 g/mol. The van der Waals surface area contributed by atoms with Gasteiger partial charge >= 0.3 is 0 Å². The standard InChI is InChI=1S/C22H31NO2/c1-13(23-4)17-7-8-18-16-6-5-14-11-15(24)9-10-21(14,2)20(16)19(25)12-22(17,18)3/h14-16,18,20,24H,5-12H2,1-3H3/b17-13-/t14-,15-,16+,18+,20-,21+,22-/m1/s1. The average Bonchev–Trinajstić information content (AvgIpc) is 2.91. The van der Waals surface area contributed by atoms with E-state index in [-0.39, 0.29) is 22.9 Å². The van der Waals surface area contributed by atoms with Gasteiger partial charge in [-0.25, -0.2) is 4.85 Å². The van der Waals surface area contributed by atoms with Crippen molar-refractivity contribution in [3.63, 3.8) is 0 Å². The zero-order valence-electron chi connectivity index (χ0n) is 15.8. The summed E-state index contributed by atoms with van der Waals surface area (Å²) < 4.78 is 0. The highest BCUT2D eigenvalue weighted by Crippen LogP contribution is 2.66. The molecule has 4 fully saturated rings. The molecule has 0 bridgehead atoms. The van der Waals surface area contributed by atoms with E-state index in [1.807, 2.05) is 6.92 Å². The summed E-state index contributed by atoms with van der Waals surface area (Å²) in [4.78, 5) is 17.1. The molecular formula is C22H31NO2. The third-order valence-electron chi connectivity index (χ3n) is 8.72. The molecule has 0 aromatic rings. The first-order valence-electron chi connectivity index (χ1n) is 10.1. The average molecular weight is 341 g/mol. The maximum absolute atomic E-state index is 13.4. The number of aliphatic hydroxyl groups excluding tert-OH is 1. The van der Waals surface area contributed by atoms with Crippen LogP contribution >= 0.6 is 0 Å². The molecule has 3 nitrogen and oxygen atoms in total. The van der Waals surface area contributed by atoms with E-state index in [2.05, 4.69) is 18.7 Å². The van der Waals surface area contributed by atoms with Gasteiger partial charge in [-0.05, 0) is 80.5 Å². The summed E-state index contributed by atoms with van der Waals surface area (Å²) >= 11 is 0. The minimum absolute atomic E-state index is 0.0791. The zero-order valence-corrected chi connectivity index (χ0v) is 15.8. The van der Waals surface area contributed by atoms with Crippen LogP contribution in [-0.4, -0.2) is 17.0 Å². The Labute approximate surface area is 151 Å². The first kappa shape index (κ1) is 17.3. The van der Waals surface area contributed by atoms with Crippen molar-refractivity contribution in [2.75, 3.05) is 0 Å². The lowest BCUT2D eigenvalue weighted by Gasteiger charge is -2.59. The second-order valence-corrected chi connectivity index (χ2v) is 9.73. The maximum atomic E-state index is 13.4.